The van der Waals surface area contributed by atoms with Gasteiger partial charge in [-0.05, 0) is 18.4 Å². The molecule has 22 heavy (non-hydrogen) atoms. The van der Waals surface area contributed by atoms with Crippen molar-refractivity contribution in [2.24, 2.45) is 4.99 Å². The molecule has 122 valence electrons. The largest absolute Gasteiger partial charge is 0.356 e. The van der Waals surface area contributed by atoms with E-state index in [1.165, 1.54) is 0 Å². The Morgan fingerprint density at radius 3 is 2.86 bits per heavy atom. The van der Waals surface area contributed by atoms with Crippen LogP contribution in [-0.4, -0.2) is 67.5 Å². The number of nitrogens with zero attached hydrogens (tertiary/aromatic N) is 3. The van der Waals surface area contributed by atoms with Gasteiger partial charge in [-0.15, -0.1) is 0 Å². The van der Waals surface area contributed by atoms with Crippen molar-refractivity contribution in [1.29, 1.82) is 0 Å². The highest BCUT2D eigenvalue weighted by Crippen LogP contribution is 1.96. The van der Waals surface area contributed by atoms with Crippen LogP contribution >= 0.6 is 11.8 Å². The quantitative estimate of drug-likeness (QED) is 0.417. The van der Waals surface area contributed by atoms with Crippen molar-refractivity contribution < 1.29 is 4.79 Å². The first-order valence-electron chi connectivity index (χ1n) is 7.24. The van der Waals surface area contributed by atoms with Crippen LogP contribution in [0.5, 0.6) is 0 Å². The van der Waals surface area contributed by atoms with Gasteiger partial charge in [0.25, 0.3) is 0 Å². The summed E-state index contributed by atoms with van der Waals surface area (Å²) in [7, 11) is 3.50. The zero-order valence-electron chi connectivity index (χ0n) is 13.5. The van der Waals surface area contributed by atoms with Crippen LogP contribution in [0, 0.1) is 0 Å². The first-order valence-corrected chi connectivity index (χ1v) is 8.64. The predicted octanol–water partition coefficient (Wildman–Crippen LogP) is 0.611. The molecular formula is C15H25N5OS. The number of hydrogen-bond donors (Lipinski definition) is 2. The lowest BCUT2D eigenvalue weighted by atomic mass is 10.2. The molecule has 0 saturated carbocycles. The third-order valence-electron chi connectivity index (χ3n) is 3.08. The van der Waals surface area contributed by atoms with Gasteiger partial charge in [0, 0.05) is 51.2 Å². The summed E-state index contributed by atoms with van der Waals surface area (Å²) in [6.45, 7) is 1.71. The molecule has 0 atom stereocenters. The SMILES string of the molecule is CN=C(NCCSC)NCC(=O)N(C)CCc1ccccn1. The van der Waals surface area contributed by atoms with Gasteiger partial charge in [-0.1, -0.05) is 6.07 Å². The van der Waals surface area contributed by atoms with Gasteiger partial charge in [0.15, 0.2) is 5.96 Å². The van der Waals surface area contributed by atoms with Crippen LogP contribution < -0.4 is 10.6 Å². The Bertz CT molecular complexity index is 466. The molecule has 0 spiro atoms. The highest BCUT2D eigenvalue weighted by Gasteiger charge is 2.09. The topological polar surface area (TPSA) is 69.6 Å². The molecule has 0 radical (unpaired) electrons. The van der Waals surface area contributed by atoms with E-state index in [0.717, 1.165) is 24.4 Å². The van der Waals surface area contributed by atoms with Crippen molar-refractivity contribution >= 4 is 23.6 Å². The number of hydrogen-bond acceptors (Lipinski definition) is 4. The Kier molecular flexibility index (Phi) is 9.06. The third kappa shape index (κ3) is 7.31. The first kappa shape index (κ1) is 18.3. The van der Waals surface area contributed by atoms with Crippen molar-refractivity contribution in [2.45, 2.75) is 6.42 Å². The van der Waals surface area contributed by atoms with Crippen LogP contribution in [0.25, 0.3) is 0 Å². The number of guanidine groups is 1. The molecule has 1 heterocycles. The maximum atomic E-state index is 12.1. The fourth-order valence-corrected chi connectivity index (χ4v) is 2.05. The number of rotatable bonds is 8. The number of carbonyl (C=O) groups is 1. The third-order valence-corrected chi connectivity index (χ3v) is 3.70. The number of amides is 1. The molecule has 0 bridgehead atoms. The zero-order chi connectivity index (χ0) is 16.2. The number of thioether (sulfide) groups is 1. The maximum Gasteiger partial charge on any atom is 0.241 e. The van der Waals surface area contributed by atoms with E-state index in [1.54, 1.807) is 37.0 Å². The molecule has 0 aliphatic carbocycles. The monoisotopic (exact) mass is 323 g/mol. The molecule has 0 aliphatic rings. The molecule has 6 nitrogen and oxygen atoms in total. The summed E-state index contributed by atoms with van der Waals surface area (Å²) >= 11 is 1.76. The van der Waals surface area contributed by atoms with E-state index in [4.69, 9.17) is 0 Å². The van der Waals surface area contributed by atoms with Crippen LogP contribution in [0.15, 0.2) is 29.4 Å². The summed E-state index contributed by atoms with van der Waals surface area (Å²) < 4.78 is 0. The zero-order valence-corrected chi connectivity index (χ0v) is 14.3. The van der Waals surface area contributed by atoms with E-state index in [9.17, 15) is 4.79 Å². The maximum absolute atomic E-state index is 12.1. The fourth-order valence-electron chi connectivity index (χ4n) is 1.74. The molecule has 1 aromatic rings. The Morgan fingerprint density at radius 2 is 2.23 bits per heavy atom. The normalized spacial score (nSPS) is 11.1. The second-order valence-electron chi connectivity index (χ2n) is 4.73. The van der Waals surface area contributed by atoms with Crippen LogP contribution in [0.1, 0.15) is 5.69 Å². The molecule has 1 aromatic heterocycles. The second kappa shape index (κ2) is 10.9. The average molecular weight is 323 g/mol. The van der Waals surface area contributed by atoms with Crippen LogP contribution in [0.2, 0.25) is 0 Å². The molecule has 2 N–H and O–H groups in total. The predicted molar refractivity (Wildman–Crippen MR) is 93.3 cm³/mol. The Morgan fingerprint density at radius 1 is 1.41 bits per heavy atom. The Hall–Kier alpha value is -1.76. The van der Waals surface area contributed by atoms with E-state index >= 15 is 0 Å². The number of aromatic nitrogens is 1. The smallest absolute Gasteiger partial charge is 0.241 e. The van der Waals surface area contributed by atoms with Gasteiger partial charge in [-0.3, -0.25) is 14.8 Å². The Balaban J connectivity index is 2.28. The molecule has 1 amide bonds. The summed E-state index contributed by atoms with van der Waals surface area (Å²) in [5.74, 6) is 1.68. The van der Waals surface area contributed by atoms with Gasteiger partial charge < -0.3 is 15.5 Å². The lowest BCUT2D eigenvalue weighted by Gasteiger charge is -2.18. The summed E-state index contributed by atoms with van der Waals surface area (Å²) in [5, 5.41) is 6.19. The van der Waals surface area contributed by atoms with Crippen LogP contribution in [0.4, 0.5) is 0 Å². The molecule has 0 aliphatic heterocycles. The molecule has 1 rings (SSSR count). The van der Waals surface area contributed by atoms with Crippen molar-refractivity contribution in [3.63, 3.8) is 0 Å². The van der Waals surface area contributed by atoms with Gasteiger partial charge in [-0.25, -0.2) is 0 Å². The van der Waals surface area contributed by atoms with Gasteiger partial charge in [0.2, 0.25) is 5.91 Å². The van der Waals surface area contributed by atoms with Crippen molar-refractivity contribution in [3.8, 4) is 0 Å². The highest BCUT2D eigenvalue weighted by atomic mass is 32.2. The highest BCUT2D eigenvalue weighted by molar-refractivity contribution is 7.98. The van der Waals surface area contributed by atoms with Crippen molar-refractivity contribution in [3.05, 3.63) is 30.1 Å². The van der Waals surface area contributed by atoms with Crippen LogP contribution in [-0.2, 0) is 11.2 Å². The van der Waals surface area contributed by atoms with E-state index in [0.29, 0.717) is 12.5 Å². The minimum absolute atomic E-state index is 0.0312. The van der Waals surface area contributed by atoms with E-state index in [2.05, 4.69) is 26.9 Å². The number of pyridine rings is 1. The minimum atomic E-state index is 0.0312. The van der Waals surface area contributed by atoms with Gasteiger partial charge in [0.05, 0.1) is 6.54 Å². The average Bonchev–Trinajstić information content (AvgIpc) is 2.56. The molecule has 0 fully saturated rings. The lowest BCUT2D eigenvalue weighted by Crippen LogP contribution is -2.44. The van der Waals surface area contributed by atoms with E-state index in [-0.39, 0.29) is 12.5 Å². The summed E-state index contributed by atoms with van der Waals surface area (Å²) in [5.41, 5.74) is 0.990. The standard InChI is InChI=1S/C15H25N5OS/c1-16-15(18-9-11-22-3)19-12-14(21)20(2)10-7-13-6-4-5-8-17-13/h4-6,8H,7,9-12H2,1-3H3,(H2,16,18,19). The van der Waals surface area contributed by atoms with Crippen molar-refractivity contribution in [2.75, 3.05) is 45.7 Å². The molecular weight excluding hydrogens is 298 g/mol. The first-order chi connectivity index (χ1) is 10.7. The second-order valence-corrected chi connectivity index (χ2v) is 5.72. The van der Waals surface area contributed by atoms with Gasteiger partial charge in [-0.2, -0.15) is 11.8 Å². The van der Waals surface area contributed by atoms with Crippen molar-refractivity contribution in [1.82, 2.24) is 20.5 Å². The summed E-state index contributed by atoms with van der Waals surface area (Å²) in [6, 6.07) is 5.81. The lowest BCUT2D eigenvalue weighted by molar-refractivity contribution is -0.128. The molecule has 0 aromatic carbocycles. The van der Waals surface area contributed by atoms with Crippen LogP contribution in [0.3, 0.4) is 0 Å². The summed E-state index contributed by atoms with van der Waals surface area (Å²) in [4.78, 5) is 22.1. The molecule has 0 saturated heterocycles. The summed E-state index contributed by atoms with van der Waals surface area (Å²) in [6.07, 6.45) is 4.57. The van der Waals surface area contributed by atoms with Gasteiger partial charge >= 0.3 is 0 Å². The van der Waals surface area contributed by atoms with E-state index < -0.39 is 0 Å². The Labute approximate surface area is 136 Å². The number of likely N-dealkylation sites (N-methyl/N-ethyl adjacent to an activating group) is 1. The number of aliphatic imine (C=N–C) groups is 1. The van der Waals surface area contributed by atoms with Gasteiger partial charge in [0.1, 0.15) is 0 Å². The minimum Gasteiger partial charge on any atom is -0.356 e. The van der Waals surface area contributed by atoms with E-state index in [1.807, 2.05) is 18.2 Å². The number of carbonyl (C=O) groups excluding carboxylic acids is 1. The molecule has 7 heteroatoms. The fraction of sp³-hybridized carbons (Fsp3) is 0.533. The number of nitrogens with one attached hydrogen (secondary N) is 2. The molecule has 0 unspecified atom stereocenters.